The molecular weight excluding hydrogens is 647 g/mol. The largest absolute Gasteiger partial charge is 0.491 e. The molecule has 3 aromatic carbocycles. The van der Waals surface area contributed by atoms with Crippen LogP contribution in [0.1, 0.15) is 0 Å². The van der Waals surface area contributed by atoms with E-state index < -0.39 is 5.97 Å². The molecule has 13 heteroatoms. The first kappa shape index (κ1) is 36.2. The second-order valence-electron chi connectivity index (χ2n) is 9.67. The van der Waals surface area contributed by atoms with Gasteiger partial charge in [-0.3, -0.25) is 9.59 Å². The molecule has 1 N–H and O–H groups in total. The number of aliphatic carboxylic acids is 1. The molecule has 0 aliphatic carbocycles. The Morgan fingerprint density at radius 3 is 1.38 bits per heavy atom. The lowest BCUT2D eigenvalue weighted by atomic mass is 10.3. The Morgan fingerprint density at radius 2 is 0.957 bits per heavy atom. The lowest BCUT2D eigenvalue weighted by Gasteiger charge is -2.16. The molecule has 0 radical (unpaired) electrons. The summed E-state index contributed by atoms with van der Waals surface area (Å²) in [4.78, 5) is 41.2. The summed E-state index contributed by atoms with van der Waals surface area (Å²) in [7, 11) is 0. The van der Waals surface area contributed by atoms with Crippen LogP contribution in [0, 0.1) is 0 Å². The number of ether oxygens (including phenoxy) is 6. The fourth-order valence-corrected chi connectivity index (χ4v) is 6.09. The number of hydrogen-bond donors (Lipinski definition) is 1. The van der Waals surface area contributed by atoms with Gasteiger partial charge in [0.2, 0.25) is 0 Å². The molecule has 0 fully saturated rings. The average Bonchev–Trinajstić information content (AvgIpc) is 3.31. The van der Waals surface area contributed by atoms with E-state index in [4.69, 9.17) is 33.5 Å². The van der Waals surface area contributed by atoms with Crippen LogP contribution >= 0.6 is 23.5 Å². The van der Waals surface area contributed by atoms with E-state index in [0.29, 0.717) is 80.7 Å². The monoisotopic (exact) mass is 683 g/mol. The van der Waals surface area contributed by atoms with Crippen LogP contribution in [0.2, 0.25) is 0 Å². The number of thioether (sulfide) groups is 2. The highest BCUT2D eigenvalue weighted by Gasteiger charge is 2.40. The standard InChI is InChI=1S/C34H37NO10S2/c36-30(37)25-44-22-21-42-18-17-40-15-16-41-19-20-43-23-24-45-27-13-11-26(12-14-27)35-33(38)31(46-28-7-3-1-4-8-28)32(34(35)39)47-29-9-5-2-6-10-29/h1-14H,15-25H2,(H,36,37). The quantitative estimate of drug-likeness (QED) is 0.108. The summed E-state index contributed by atoms with van der Waals surface area (Å²) < 4.78 is 32.3. The third-order valence-electron chi connectivity index (χ3n) is 6.23. The molecule has 0 saturated carbocycles. The zero-order valence-electron chi connectivity index (χ0n) is 25.7. The van der Waals surface area contributed by atoms with Crippen molar-refractivity contribution in [2.45, 2.75) is 9.79 Å². The third-order valence-corrected chi connectivity index (χ3v) is 8.54. The Balaban J connectivity index is 1.12. The molecule has 1 aliphatic rings. The summed E-state index contributed by atoms with van der Waals surface area (Å²) >= 11 is 2.59. The van der Waals surface area contributed by atoms with Gasteiger partial charge in [-0.25, -0.2) is 9.69 Å². The molecule has 47 heavy (non-hydrogen) atoms. The smallest absolute Gasteiger partial charge is 0.329 e. The number of carbonyl (C=O) groups excluding carboxylic acids is 2. The van der Waals surface area contributed by atoms with Crippen molar-refractivity contribution in [1.29, 1.82) is 0 Å². The van der Waals surface area contributed by atoms with E-state index >= 15 is 0 Å². The fourth-order valence-electron chi connectivity index (χ4n) is 4.07. The number of nitrogens with zero attached hydrogens (tertiary/aromatic N) is 1. The lowest BCUT2D eigenvalue weighted by molar-refractivity contribution is -0.142. The van der Waals surface area contributed by atoms with Crippen LogP contribution in [0.15, 0.2) is 105 Å². The van der Waals surface area contributed by atoms with Crippen LogP contribution in [-0.2, 0) is 38.1 Å². The van der Waals surface area contributed by atoms with E-state index in [9.17, 15) is 14.4 Å². The van der Waals surface area contributed by atoms with Gasteiger partial charge in [-0.1, -0.05) is 59.9 Å². The van der Waals surface area contributed by atoms with Gasteiger partial charge in [0.05, 0.1) is 75.0 Å². The maximum absolute atomic E-state index is 13.6. The van der Waals surface area contributed by atoms with Crippen molar-refractivity contribution in [1.82, 2.24) is 0 Å². The van der Waals surface area contributed by atoms with Gasteiger partial charge >= 0.3 is 5.97 Å². The van der Waals surface area contributed by atoms with Crippen LogP contribution in [0.3, 0.4) is 0 Å². The lowest BCUT2D eigenvalue weighted by Crippen LogP contribution is -2.31. The summed E-state index contributed by atoms with van der Waals surface area (Å²) in [6, 6.07) is 25.9. The number of carbonyl (C=O) groups is 3. The number of hydrogen-bond acceptors (Lipinski definition) is 11. The van der Waals surface area contributed by atoms with Crippen LogP contribution in [0.4, 0.5) is 5.69 Å². The van der Waals surface area contributed by atoms with Gasteiger partial charge in [-0.15, -0.1) is 0 Å². The van der Waals surface area contributed by atoms with E-state index in [1.165, 1.54) is 28.4 Å². The normalized spacial score (nSPS) is 13.1. The van der Waals surface area contributed by atoms with Gasteiger partial charge in [0, 0.05) is 9.79 Å². The SMILES string of the molecule is O=C(O)COCCOCCOCCOCCOCCOc1ccc(N2C(=O)C(Sc3ccccc3)=C(Sc3ccccc3)C2=O)cc1. The number of amides is 2. The first-order valence-corrected chi connectivity index (χ1v) is 16.6. The Labute approximate surface area is 282 Å². The molecule has 0 atom stereocenters. The number of carboxylic acids is 1. The van der Waals surface area contributed by atoms with Gasteiger partial charge in [-0.2, -0.15) is 0 Å². The molecule has 0 aromatic heterocycles. The molecule has 2 amide bonds. The van der Waals surface area contributed by atoms with Crippen LogP contribution in [-0.4, -0.2) is 95.6 Å². The molecule has 0 saturated heterocycles. The van der Waals surface area contributed by atoms with E-state index in [1.807, 2.05) is 60.7 Å². The number of anilines is 1. The fraction of sp³-hybridized carbons (Fsp3) is 0.324. The first-order chi connectivity index (χ1) is 23.0. The highest BCUT2D eigenvalue weighted by Crippen LogP contribution is 2.43. The van der Waals surface area contributed by atoms with Gasteiger partial charge in [0.25, 0.3) is 11.8 Å². The maximum Gasteiger partial charge on any atom is 0.329 e. The molecular formula is C34H37NO10S2. The van der Waals surface area contributed by atoms with Crippen molar-refractivity contribution >= 4 is 47.0 Å². The highest BCUT2D eigenvalue weighted by atomic mass is 32.2. The number of rotatable bonds is 23. The number of imide groups is 1. The van der Waals surface area contributed by atoms with Crippen LogP contribution < -0.4 is 9.64 Å². The van der Waals surface area contributed by atoms with E-state index in [2.05, 4.69) is 0 Å². The van der Waals surface area contributed by atoms with Gasteiger partial charge in [0.15, 0.2) is 0 Å². The molecule has 1 aliphatic heterocycles. The number of benzene rings is 3. The van der Waals surface area contributed by atoms with Crippen molar-refractivity contribution in [3.05, 3.63) is 94.7 Å². The van der Waals surface area contributed by atoms with Gasteiger partial charge in [0.1, 0.15) is 19.0 Å². The van der Waals surface area contributed by atoms with Crippen LogP contribution in [0.25, 0.3) is 0 Å². The summed E-state index contributed by atoms with van der Waals surface area (Å²) in [5.41, 5.74) is 0.467. The Hall–Kier alpha value is -3.69. The molecule has 250 valence electrons. The van der Waals surface area contributed by atoms with E-state index in [-0.39, 0.29) is 25.0 Å². The number of carboxylic acid groups (broad SMARTS) is 1. The minimum absolute atomic E-state index is 0.222. The summed E-state index contributed by atoms with van der Waals surface area (Å²) in [6.07, 6.45) is 0. The van der Waals surface area contributed by atoms with Gasteiger partial charge < -0.3 is 33.5 Å². The summed E-state index contributed by atoms with van der Waals surface area (Å²) in [5.74, 6) is -1.13. The molecule has 0 unspecified atom stereocenters. The first-order valence-electron chi connectivity index (χ1n) is 14.9. The molecule has 0 spiro atoms. The van der Waals surface area contributed by atoms with Gasteiger partial charge in [-0.05, 0) is 48.5 Å². The Kier molecular flexibility index (Phi) is 15.8. The predicted octanol–water partition coefficient (Wildman–Crippen LogP) is 4.90. The second kappa shape index (κ2) is 20.5. The van der Waals surface area contributed by atoms with Crippen molar-refractivity contribution in [3.8, 4) is 5.75 Å². The zero-order valence-corrected chi connectivity index (χ0v) is 27.4. The summed E-state index contributed by atoms with van der Waals surface area (Å²) in [6.45, 7) is 3.33. The molecule has 0 bridgehead atoms. The van der Waals surface area contributed by atoms with E-state index in [1.54, 1.807) is 24.3 Å². The Bertz CT molecular complexity index is 1370. The average molecular weight is 684 g/mol. The third kappa shape index (κ3) is 12.5. The minimum Gasteiger partial charge on any atom is -0.491 e. The second-order valence-corrected chi connectivity index (χ2v) is 11.8. The maximum atomic E-state index is 13.6. The van der Waals surface area contributed by atoms with Crippen molar-refractivity contribution in [2.75, 3.05) is 77.6 Å². The zero-order chi connectivity index (χ0) is 33.1. The molecule has 1 heterocycles. The topological polar surface area (TPSA) is 130 Å². The predicted molar refractivity (Wildman–Crippen MR) is 178 cm³/mol. The molecule has 4 rings (SSSR count). The van der Waals surface area contributed by atoms with Crippen molar-refractivity contribution in [3.63, 3.8) is 0 Å². The van der Waals surface area contributed by atoms with Crippen molar-refractivity contribution in [2.24, 2.45) is 0 Å². The van der Waals surface area contributed by atoms with E-state index in [0.717, 1.165) is 9.79 Å². The Morgan fingerprint density at radius 1 is 0.553 bits per heavy atom. The molecule has 11 nitrogen and oxygen atoms in total. The minimum atomic E-state index is -1.01. The highest BCUT2D eigenvalue weighted by molar-refractivity contribution is 8.08. The van der Waals surface area contributed by atoms with Crippen LogP contribution in [0.5, 0.6) is 5.75 Å². The van der Waals surface area contributed by atoms with Crippen molar-refractivity contribution < 1.29 is 47.9 Å². The molecule has 3 aromatic rings. The summed E-state index contributed by atoms with van der Waals surface area (Å²) in [5, 5.41) is 8.46.